The van der Waals surface area contributed by atoms with Gasteiger partial charge in [-0.2, -0.15) is 0 Å². The van der Waals surface area contributed by atoms with E-state index in [-0.39, 0.29) is 25.7 Å². The van der Waals surface area contributed by atoms with E-state index in [2.05, 4.69) is 101 Å². The van der Waals surface area contributed by atoms with Crippen molar-refractivity contribution in [1.29, 1.82) is 0 Å². The van der Waals surface area contributed by atoms with Crippen LogP contribution in [0.5, 0.6) is 0 Å². The lowest BCUT2D eigenvalue weighted by atomic mass is 10.1. The van der Waals surface area contributed by atoms with E-state index in [4.69, 9.17) is 37.0 Å². The Morgan fingerprint density at radius 1 is 0.302 bits per heavy atom. The maximum absolute atomic E-state index is 13.1. The Bertz CT molecular complexity index is 2110. The summed E-state index contributed by atoms with van der Waals surface area (Å²) in [6, 6.07) is 0. The second-order valence-corrected chi connectivity index (χ2v) is 28.5. The van der Waals surface area contributed by atoms with Gasteiger partial charge in [-0.25, -0.2) is 9.13 Å². The summed E-state index contributed by atoms with van der Waals surface area (Å²) in [5.74, 6) is -2.19. The van der Waals surface area contributed by atoms with Crippen LogP contribution in [-0.2, 0) is 65.4 Å². The minimum Gasteiger partial charge on any atom is -0.462 e. The van der Waals surface area contributed by atoms with Crippen molar-refractivity contribution in [2.75, 3.05) is 39.6 Å². The number of phosphoric ester groups is 2. The number of rotatable bonds is 72. The second-order valence-electron chi connectivity index (χ2n) is 25.6. The zero-order valence-corrected chi connectivity index (χ0v) is 62.6. The molecule has 0 aliphatic carbocycles. The van der Waals surface area contributed by atoms with Crippen molar-refractivity contribution in [3.8, 4) is 0 Å². The molecule has 558 valence electrons. The predicted octanol–water partition coefficient (Wildman–Crippen LogP) is 21.7. The van der Waals surface area contributed by atoms with E-state index >= 15 is 0 Å². The van der Waals surface area contributed by atoms with Gasteiger partial charge in [0.25, 0.3) is 0 Å². The molecule has 0 aliphatic heterocycles. The van der Waals surface area contributed by atoms with Gasteiger partial charge in [-0.3, -0.25) is 37.3 Å². The van der Waals surface area contributed by atoms with Crippen LogP contribution in [0.15, 0.2) is 72.9 Å². The summed E-state index contributed by atoms with van der Waals surface area (Å²) in [6.07, 6.45) is 68.9. The third-order valence-electron chi connectivity index (χ3n) is 16.2. The predicted molar refractivity (Wildman–Crippen MR) is 390 cm³/mol. The Morgan fingerprint density at radius 2 is 0.542 bits per heavy atom. The second kappa shape index (κ2) is 70.0. The minimum atomic E-state index is -4.97. The van der Waals surface area contributed by atoms with Gasteiger partial charge in [0.05, 0.1) is 26.4 Å². The molecule has 0 aromatic carbocycles. The molecule has 0 radical (unpaired) electrons. The van der Waals surface area contributed by atoms with Crippen LogP contribution in [0, 0.1) is 0 Å². The highest BCUT2D eigenvalue weighted by Gasteiger charge is 2.30. The van der Waals surface area contributed by atoms with Crippen LogP contribution in [0.1, 0.15) is 336 Å². The molecular weight excluding hydrogens is 1260 g/mol. The first kappa shape index (κ1) is 92.5. The molecule has 17 nitrogen and oxygen atoms in total. The van der Waals surface area contributed by atoms with Crippen LogP contribution >= 0.6 is 15.6 Å². The molecule has 0 heterocycles. The molecule has 0 rings (SSSR count). The number of carbonyl (C=O) groups excluding carboxylic acids is 4. The van der Waals surface area contributed by atoms with Gasteiger partial charge in [0.2, 0.25) is 0 Å². The Balaban J connectivity index is 5.33. The van der Waals surface area contributed by atoms with Gasteiger partial charge in [0, 0.05) is 25.7 Å². The molecule has 0 aromatic heterocycles. The Morgan fingerprint density at radius 3 is 0.865 bits per heavy atom. The third kappa shape index (κ3) is 69.0. The Hall–Kier alpha value is -3.50. The lowest BCUT2D eigenvalue weighted by Crippen LogP contribution is -2.30. The molecular formula is C77H138O17P2. The molecule has 19 heteroatoms. The minimum absolute atomic E-state index is 0.0835. The maximum atomic E-state index is 13.1. The molecule has 0 amide bonds. The summed E-state index contributed by atoms with van der Waals surface area (Å²) in [5, 5.41) is 10.6. The number of allylic oxidation sites excluding steroid dienone is 12. The van der Waals surface area contributed by atoms with E-state index in [1.165, 1.54) is 96.3 Å². The summed E-state index contributed by atoms with van der Waals surface area (Å²) in [4.78, 5) is 72.8. The molecule has 5 atom stereocenters. The molecule has 0 fully saturated rings. The Labute approximate surface area is 583 Å². The van der Waals surface area contributed by atoms with E-state index in [9.17, 15) is 43.2 Å². The molecule has 0 saturated carbocycles. The summed E-state index contributed by atoms with van der Waals surface area (Å²) in [5.41, 5.74) is 0. The van der Waals surface area contributed by atoms with Crippen molar-refractivity contribution in [2.45, 2.75) is 354 Å². The number of aliphatic hydroxyl groups is 1. The van der Waals surface area contributed by atoms with Gasteiger partial charge in [-0.15, -0.1) is 0 Å². The SMILES string of the molecule is CC/C=C\C/C=C\C/C=C\CCCCCCCC(=O)OCC(COP(=O)(O)OCC(O)COP(=O)(O)OCC(COC(=O)CCCCCCC/C=C\C/C=C\CCCCC)OC(=O)CCCCCCCCCCCCC)OC(=O)CCCCCCC/C=C\CCCCCCCC. The van der Waals surface area contributed by atoms with Gasteiger partial charge in [-0.1, -0.05) is 268 Å². The first-order valence-electron chi connectivity index (χ1n) is 38.2. The Kier molecular flexibility index (Phi) is 67.4. The van der Waals surface area contributed by atoms with Crippen molar-refractivity contribution >= 4 is 39.5 Å². The fourth-order valence-corrected chi connectivity index (χ4v) is 11.9. The molecule has 5 unspecified atom stereocenters. The smallest absolute Gasteiger partial charge is 0.462 e. The summed E-state index contributed by atoms with van der Waals surface area (Å²) >= 11 is 0. The quantitative estimate of drug-likeness (QED) is 0.0169. The van der Waals surface area contributed by atoms with Gasteiger partial charge < -0.3 is 33.8 Å². The maximum Gasteiger partial charge on any atom is 0.472 e. The topological polar surface area (TPSA) is 237 Å². The van der Waals surface area contributed by atoms with E-state index in [1.807, 2.05) is 0 Å². The number of hydrogen-bond donors (Lipinski definition) is 3. The lowest BCUT2D eigenvalue weighted by Gasteiger charge is -2.21. The number of phosphoric acid groups is 2. The average Bonchev–Trinajstić information content (AvgIpc) is 1.09. The van der Waals surface area contributed by atoms with Crippen molar-refractivity contribution < 1.29 is 80.2 Å². The van der Waals surface area contributed by atoms with Crippen molar-refractivity contribution in [1.82, 2.24) is 0 Å². The van der Waals surface area contributed by atoms with Crippen LogP contribution in [0.25, 0.3) is 0 Å². The largest absolute Gasteiger partial charge is 0.472 e. The fraction of sp³-hybridized carbons (Fsp3) is 0.792. The molecule has 0 bridgehead atoms. The van der Waals surface area contributed by atoms with Gasteiger partial charge in [0.1, 0.15) is 19.3 Å². The lowest BCUT2D eigenvalue weighted by molar-refractivity contribution is -0.161. The van der Waals surface area contributed by atoms with Gasteiger partial charge in [-0.05, 0) is 116 Å². The number of aliphatic hydroxyl groups excluding tert-OH is 1. The number of hydrogen-bond acceptors (Lipinski definition) is 15. The van der Waals surface area contributed by atoms with Crippen LogP contribution in [0.2, 0.25) is 0 Å². The van der Waals surface area contributed by atoms with Crippen LogP contribution in [0.4, 0.5) is 0 Å². The number of esters is 4. The van der Waals surface area contributed by atoms with Gasteiger partial charge in [0.15, 0.2) is 12.2 Å². The summed E-state index contributed by atoms with van der Waals surface area (Å²) in [7, 11) is -9.94. The van der Waals surface area contributed by atoms with Crippen molar-refractivity contribution in [2.24, 2.45) is 0 Å². The number of ether oxygens (including phenoxy) is 4. The van der Waals surface area contributed by atoms with Crippen LogP contribution < -0.4 is 0 Å². The monoisotopic (exact) mass is 1400 g/mol. The highest BCUT2D eigenvalue weighted by Crippen LogP contribution is 2.45. The normalized spacial score (nSPS) is 14.4. The number of unbranched alkanes of at least 4 members (excludes halogenated alkanes) is 34. The molecule has 0 saturated heterocycles. The summed E-state index contributed by atoms with van der Waals surface area (Å²) < 4.78 is 68.4. The third-order valence-corrected chi connectivity index (χ3v) is 18.1. The fourth-order valence-electron chi connectivity index (χ4n) is 10.3. The molecule has 0 aliphatic rings. The van der Waals surface area contributed by atoms with E-state index < -0.39 is 97.5 Å². The van der Waals surface area contributed by atoms with Crippen molar-refractivity contribution in [3.63, 3.8) is 0 Å². The van der Waals surface area contributed by atoms with E-state index in [1.54, 1.807) is 0 Å². The van der Waals surface area contributed by atoms with E-state index in [0.717, 1.165) is 161 Å². The van der Waals surface area contributed by atoms with Gasteiger partial charge >= 0.3 is 39.5 Å². The average molecular weight is 1400 g/mol. The zero-order valence-electron chi connectivity index (χ0n) is 60.8. The molecule has 96 heavy (non-hydrogen) atoms. The number of carbonyl (C=O) groups is 4. The molecule has 3 N–H and O–H groups in total. The first-order valence-corrected chi connectivity index (χ1v) is 41.2. The molecule has 0 aromatic rings. The van der Waals surface area contributed by atoms with Crippen LogP contribution in [0.3, 0.4) is 0 Å². The molecule has 0 spiro atoms. The first-order chi connectivity index (χ1) is 46.7. The zero-order chi connectivity index (χ0) is 70.4. The highest BCUT2D eigenvalue weighted by atomic mass is 31.2. The van der Waals surface area contributed by atoms with Crippen LogP contribution in [-0.4, -0.2) is 96.7 Å². The summed E-state index contributed by atoms with van der Waals surface area (Å²) in [6.45, 7) is 4.72. The van der Waals surface area contributed by atoms with Crippen molar-refractivity contribution in [3.05, 3.63) is 72.9 Å². The standard InChI is InChI=1S/C77H138O17P2/c1-5-9-13-17-21-25-29-32-35-38-42-45-49-53-57-61-74(79)87-67-72(93-76(81)63-59-55-51-47-41-28-24-20-16-12-8-4)69-91-95(83,84)89-65-71(78)66-90-96(85,86)92-70-73(94-77(82)64-60-56-52-48-44-40-37-34-31-27-23-19-15-11-7-3)68-88-75(80)62-58-54-50-46-43-39-36-33-30-26-22-18-14-10-6-2/h10,14,21-22,25-26,32-37,71-73,78H,5-9,11-13,15-20,23-24,27-31,38-70H2,1-4H3,(H,83,84)(H,85,86)/b14-10-,25-21-,26-22-,35-32-,36-33-,37-34-. The highest BCUT2D eigenvalue weighted by molar-refractivity contribution is 7.47. The van der Waals surface area contributed by atoms with E-state index in [0.29, 0.717) is 25.7 Å².